The summed E-state index contributed by atoms with van der Waals surface area (Å²) in [4.78, 5) is 26.2. The fraction of sp³-hybridized carbons (Fsp3) is 0.192. The van der Waals surface area contributed by atoms with E-state index in [0.29, 0.717) is 30.8 Å². The minimum atomic E-state index is -0.628. The van der Waals surface area contributed by atoms with Gasteiger partial charge in [0.25, 0.3) is 5.91 Å². The summed E-state index contributed by atoms with van der Waals surface area (Å²) < 4.78 is 14.4. The fourth-order valence-electron chi connectivity index (χ4n) is 4.53. The number of hydrogen-bond donors (Lipinski definition) is 1. The van der Waals surface area contributed by atoms with E-state index in [4.69, 9.17) is 14.3 Å². The maximum Gasteiger partial charge on any atom is 0.251 e. The van der Waals surface area contributed by atoms with Crippen LogP contribution in [-0.4, -0.2) is 39.6 Å². The molecule has 1 saturated heterocycles. The van der Waals surface area contributed by atoms with Gasteiger partial charge in [-0.05, 0) is 60.0 Å². The lowest BCUT2D eigenvalue weighted by Gasteiger charge is -2.22. The van der Waals surface area contributed by atoms with E-state index in [2.05, 4.69) is 21.2 Å². The summed E-state index contributed by atoms with van der Waals surface area (Å²) in [5.74, 6) is 0.575. The summed E-state index contributed by atoms with van der Waals surface area (Å²) in [6.07, 6.45) is 3.90. The van der Waals surface area contributed by atoms with Gasteiger partial charge in [0.15, 0.2) is 6.23 Å². The molecule has 0 radical (unpaired) electrons. The molecule has 9 heteroatoms. The number of ether oxygens (including phenoxy) is 1. The molecule has 4 aromatic rings. The van der Waals surface area contributed by atoms with E-state index in [9.17, 15) is 9.59 Å². The van der Waals surface area contributed by atoms with Crippen molar-refractivity contribution in [3.05, 3.63) is 88.4 Å². The van der Waals surface area contributed by atoms with Crippen molar-refractivity contribution in [2.24, 2.45) is 0 Å². The van der Waals surface area contributed by atoms with Crippen molar-refractivity contribution >= 4 is 33.4 Å². The quantitative estimate of drug-likeness (QED) is 0.395. The third-order valence-corrected chi connectivity index (χ3v) is 6.79. The number of hydrogen-bond acceptors (Lipinski definition) is 5. The van der Waals surface area contributed by atoms with E-state index < -0.39 is 6.23 Å². The maximum atomic E-state index is 12.8. The third-order valence-electron chi connectivity index (χ3n) is 6.26. The van der Waals surface area contributed by atoms with Gasteiger partial charge in [-0.3, -0.25) is 9.59 Å². The van der Waals surface area contributed by atoms with Gasteiger partial charge < -0.3 is 19.4 Å². The highest BCUT2D eigenvalue weighted by Gasteiger charge is 2.37. The van der Waals surface area contributed by atoms with Crippen LogP contribution in [0.15, 0.2) is 75.9 Å². The summed E-state index contributed by atoms with van der Waals surface area (Å²) in [6.45, 7) is 0.461. The van der Waals surface area contributed by atoms with Crippen molar-refractivity contribution in [2.45, 2.75) is 19.1 Å². The molecule has 2 aliphatic heterocycles. The minimum Gasteiger partial charge on any atom is -0.464 e. The number of fused-ring (bicyclic) bond motifs is 1. The number of carbonyl (C=O) groups excluding carboxylic acids is 2. The lowest BCUT2D eigenvalue weighted by Crippen LogP contribution is -2.31. The highest BCUT2D eigenvalue weighted by atomic mass is 79.9. The second-order valence-corrected chi connectivity index (χ2v) is 9.46. The second-order valence-electron chi connectivity index (χ2n) is 8.54. The third kappa shape index (κ3) is 4.17. The van der Waals surface area contributed by atoms with Gasteiger partial charge in [-0.15, -0.1) is 0 Å². The minimum absolute atomic E-state index is 0.00395. The Hall–Kier alpha value is -3.69. The first kappa shape index (κ1) is 21.8. The van der Waals surface area contributed by atoms with Crippen LogP contribution in [0, 0.1) is 0 Å². The monoisotopic (exact) mass is 532 g/mol. The van der Waals surface area contributed by atoms with E-state index in [1.165, 1.54) is 0 Å². The lowest BCUT2D eigenvalue weighted by molar-refractivity contribution is -0.128. The molecule has 1 fully saturated rings. The standard InChI is InChI=1S/C26H21BrN4O4/c27-18-4-6-19(7-5-18)31-14-20(22-2-1-11-34-22)25(29-31)26-30(24(33)15-35-26)10-9-16-3-8-21-17(12-16)13-23(32)28-21/h1-8,11-12,14,26H,9-10,13,15H2,(H,28,32)/t26-/m1/s1. The average molecular weight is 533 g/mol. The van der Waals surface area contributed by atoms with Crippen LogP contribution in [-0.2, 0) is 27.2 Å². The molecule has 0 spiro atoms. The number of nitrogens with one attached hydrogen (secondary N) is 1. The number of halogens is 1. The molecule has 2 aromatic heterocycles. The molecular formula is C26H21BrN4O4. The molecule has 2 aliphatic rings. The van der Waals surface area contributed by atoms with Crippen LogP contribution in [0.3, 0.4) is 0 Å². The zero-order valence-corrected chi connectivity index (χ0v) is 20.2. The van der Waals surface area contributed by atoms with Gasteiger partial charge in [-0.25, -0.2) is 4.68 Å². The van der Waals surface area contributed by atoms with Crippen LogP contribution >= 0.6 is 15.9 Å². The maximum absolute atomic E-state index is 12.8. The number of carbonyl (C=O) groups is 2. The van der Waals surface area contributed by atoms with Crippen LogP contribution in [0.5, 0.6) is 0 Å². The Labute approximate surface area is 209 Å². The van der Waals surface area contributed by atoms with E-state index in [1.807, 2.05) is 60.8 Å². The SMILES string of the molecule is O=C1Cc2cc(CCN3C(=O)CO[C@@H]3c3nn(-c4ccc(Br)cc4)cc3-c3ccco3)ccc2N1. The molecular weight excluding hydrogens is 512 g/mol. The molecule has 1 N–H and O–H groups in total. The van der Waals surface area contributed by atoms with Crippen molar-refractivity contribution in [1.82, 2.24) is 14.7 Å². The largest absolute Gasteiger partial charge is 0.464 e. The summed E-state index contributed by atoms with van der Waals surface area (Å²) in [5, 5.41) is 7.67. The summed E-state index contributed by atoms with van der Waals surface area (Å²) >= 11 is 3.46. The van der Waals surface area contributed by atoms with Crippen molar-refractivity contribution < 1.29 is 18.7 Å². The number of rotatable bonds is 6. The summed E-state index contributed by atoms with van der Waals surface area (Å²) in [6, 6.07) is 17.4. The number of nitrogens with zero attached hydrogens (tertiary/aromatic N) is 3. The second kappa shape index (κ2) is 8.83. The lowest BCUT2D eigenvalue weighted by atomic mass is 10.1. The Balaban J connectivity index is 1.30. The van der Waals surface area contributed by atoms with E-state index in [1.54, 1.807) is 15.8 Å². The van der Waals surface area contributed by atoms with Crippen LogP contribution in [0.2, 0.25) is 0 Å². The molecule has 2 amide bonds. The molecule has 0 aliphatic carbocycles. The number of amides is 2. The average Bonchev–Trinajstić information content (AvgIpc) is 3.63. The first-order valence-corrected chi connectivity index (χ1v) is 12.1. The van der Waals surface area contributed by atoms with Gasteiger partial charge >= 0.3 is 0 Å². The summed E-state index contributed by atoms with van der Waals surface area (Å²) in [7, 11) is 0. The van der Waals surface area contributed by atoms with E-state index in [0.717, 1.165) is 32.5 Å². The number of anilines is 1. The first-order chi connectivity index (χ1) is 17.0. The van der Waals surface area contributed by atoms with Crippen LogP contribution < -0.4 is 5.32 Å². The van der Waals surface area contributed by atoms with Crippen molar-refractivity contribution in [1.29, 1.82) is 0 Å². The molecule has 0 unspecified atom stereocenters. The van der Waals surface area contributed by atoms with Crippen LogP contribution in [0.25, 0.3) is 17.0 Å². The van der Waals surface area contributed by atoms with E-state index >= 15 is 0 Å². The molecule has 2 aromatic carbocycles. The van der Waals surface area contributed by atoms with Gasteiger partial charge in [0, 0.05) is 22.9 Å². The molecule has 0 saturated carbocycles. The Bertz CT molecular complexity index is 1410. The van der Waals surface area contributed by atoms with Gasteiger partial charge in [0.2, 0.25) is 5.91 Å². The van der Waals surface area contributed by atoms with Crippen molar-refractivity contribution in [3.63, 3.8) is 0 Å². The van der Waals surface area contributed by atoms with Gasteiger partial charge in [0.1, 0.15) is 18.1 Å². The van der Waals surface area contributed by atoms with Crippen molar-refractivity contribution in [3.8, 4) is 17.0 Å². The van der Waals surface area contributed by atoms with Gasteiger partial charge in [-0.1, -0.05) is 28.1 Å². The number of furan rings is 1. The zero-order valence-electron chi connectivity index (χ0n) is 18.6. The molecule has 4 heterocycles. The number of aromatic nitrogens is 2. The fourth-order valence-corrected chi connectivity index (χ4v) is 4.79. The van der Waals surface area contributed by atoms with Crippen LogP contribution in [0.4, 0.5) is 5.69 Å². The molecule has 6 rings (SSSR count). The Morgan fingerprint density at radius 3 is 2.77 bits per heavy atom. The molecule has 0 bridgehead atoms. The molecule has 1 atom stereocenters. The Kier molecular flexibility index (Phi) is 5.50. The van der Waals surface area contributed by atoms with Gasteiger partial charge in [0.05, 0.1) is 23.9 Å². The van der Waals surface area contributed by atoms with Crippen LogP contribution in [0.1, 0.15) is 23.0 Å². The number of benzene rings is 2. The highest BCUT2D eigenvalue weighted by molar-refractivity contribution is 9.10. The molecule has 35 heavy (non-hydrogen) atoms. The first-order valence-electron chi connectivity index (χ1n) is 11.3. The molecule has 176 valence electrons. The Morgan fingerprint density at radius 2 is 1.97 bits per heavy atom. The smallest absolute Gasteiger partial charge is 0.251 e. The highest BCUT2D eigenvalue weighted by Crippen LogP contribution is 2.35. The summed E-state index contributed by atoms with van der Waals surface area (Å²) in [5.41, 5.74) is 5.18. The predicted molar refractivity (Wildman–Crippen MR) is 132 cm³/mol. The molecule has 8 nitrogen and oxygen atoms in total. The van der Waals surface area contributed by atoms with Gasteiger partial charge in [-0.2, -0.15) is 5.10 Å². The van der Waals surface area contributed by atoms with E-state index in [-0.39, 0.29) is 18.4 Å². The normalized spacial score (nSPS) is 17.2. The topological polar surface area (TPSA) is 89.6 Å². The van der Waals surface area contributed by atoms with Crippen molar-refractivity contribution in [2.75, 3.05) is 18.5 Å². The zero-order chi connectivity index (χ0) is 23.9. The predicted octanol–water partition coefficient (Wildman–Crippen LogP) is 4.49. The Morgan fingerprint density at radius 1 is 1.11 bits per heavy atom.